The number of aryl methyl sites for hydroxylation is 1. The summed E-state index contributed by atoms with van der Waals surface area (Å²) in [5.41, 5.74) is 7.13. The lowest BCUT2D eigenvalue weighted by Crippen LogP contribution is -2.29. The van der Waals surface area contributed by atoms with Gasteiger partial charge in [-0.05, 0) is 71.8 Å². The average molecular weight is 444 g/mol. The van der Waals surface area contributed by atoms with Gasteiger partial charge in [-0.2, -0.15) is 0 Å². The van der Waals surface area contributed by atoms with Gasteiger partial charge in [0.1, 0.15) is 6.61 Å². The van der Waals surface area contributed by atoms with Crippen molar-refractivity contribution in [1.82, 2.24) is 5.32 Å². The van der Waals surface area contributed by atoms with Gasteiger partial charge in [-0.15, -0.1) is 0 Å². The molecular formula is C28H29NO4. The third-order valence-electron chi connectivity index (χ3n) is 6.40. The molecule has 5 rings (SSSR count). The highest BCUT2D eigenvalue weighted by Crippen LogP contribution is 2.41. The van der Waals surface area contributed by atoms with Crippen LogP contribution in [0, 0.1) is 13.8 Å². The summed E-state index contributed by atoms with van der Waals surface area (Å²) in [6, 6.07) is 16.5. The van der Waals surface area contributed by atoms with Crippen LogP contribution in [0.15, 0.2) is 54.6 Å². The number of rotatable bonds is 6. The van der Waals surface area contributed by atoms with E-state index in [1.807, 2.05) is 30.3 Å². The molecule has 3 aromatic carbocycles. The zero-order valence-corrected chi connectivity index (χ0v) is 19.3. The van der Waals surface area contributed by atoms with Crippen LogP contribution in [0.2, 0.25) is 0 Å². The average Bonchev–Trinajstić information content (AvgIpc) is 3.29. The smallest absolute Gasteiger partial charge is 0.231 e. The summed E-state index contributed by atoms with van der Waals surface area (Å²) in [6.07, 6.45) is 5.33. The molecule has 1 N–H and O–H groups in total. The van der Waals surface area contributed by atoms with Gasteiger partial charge in [0.25, 0.3) is 0 Å². The molecule has 0 radical (unpaired) electrons. The molecule has 0 saturated heterocycles. The SMILES string of the molecule is COc1cc2c(c(C)c1OCc1ccccc1)CCNC2/C=C/c1cc2c(cc1C)OCO2. The van der Waals surface area contributed by atoms with Gasteiger partial charge in [-0.25, -0.2) is 0 Å². The Bertz CT molecular complexity index is 1190. The minimum Gasteiger partial charge on any atom is -0.493 e. The molecule has 3 aromatic rings. The molecule has 0 fully saturated rings. The van der Waals surface area contributed by atoms with Gasteiger partial charge in [-0.1, -0.05) is 42.5 Å². The van der Waals surface area contributed by atoms with E-state index in [4.69, 9.17) is 18.9 Å². The van der Waals surface area contributed by atoms with Crippen molar-refractivity contribution in [2.24, 2.45) is 0 Å². The third-order valence-corrected chi connectivity index (χ3v) is 6.40. The van der Waals surface area contributed by atoms with Crippen LogP contribution in [-0.2, 0) is 13.0 Å². The Morgan fingerprint density at radius 3 is 2.64 bits per heavy atom. The first kappa shape index (κ1) is 21.4. The van der Waals surface area contributed by atoms with Gasteiger partial charge >= 0.3 is 0 Å². The first-order chi connectivity index (χ1) is 16.1. The quantitative estimate of drug-likeness (QED) is 0.544. The Morgan fingerprint density at radius 1 is 1.06 bits per heavy atom. The lowest BCUT2D eigenvalue weighted by atomic mass is 9.89. The van der Waals surface area contributed by atoms with Crippen LogP contribution in [0.1, 0.15) is 39.4 Å². The molecule has 5 heteroatoms. The van der Waals surface area contributed by atoms with Crippen molar-refractivity contribution in [2.75, 3.05) is 20.4 Å². The van der Waals surface area contributed by atoms with Gasteiger partial charge < -0.3 is 24.3 Å². The lowest BCUT2D eigenvalue weighted by molar-refractivity contribution is 0.174. The van der Waals surface area contributed by atoms with E-state index in [-0.39, 0.29) is 12.8 Å². The highest BCUT2D eigenvalue weighted by Gasteiger charge is 2.24. The number of ether oxygens (including phenoxy) is 4. The predicted molar refractivity (Wildman–Crippen MR) is 129 cm³/mol. The molecule has 2 aliphatic rings. The van der Waals surface area contributed by atoms with Crippen molar-refractivity contribution in [3.63, 3.8) is 0 Å². The van der Waals surface area contributed by atoms with E-state index >= 15 is 0 Å². The van der Waals surface area contributed by atoms with Gasteiger partial charge in [0.05, 0.1) is 13.2 Å². The maximum atomic E-state index is 6.24. The van der Waals surface area contributed by atoms with Crippen LogP contribution in [0.3, 0.4) is 0 Å². The van der Waals surface area contributed by atoms with Crippen LogP contribution >= 0.6 is 0 Å². The number of methoxy groups -OCH3 is 1. The van der Waals surface area contributed by atoms with E-state index < -0.39 is 0 Å². The molecule has 170 valence electrons. The van der Waals surface area contributed by atoms with Gasteiger partial charge in [0.2, 0.25) is 6.79 Å². The zero-order valence-electron chi connectivity index (χ0n) is 19.3. The number of fused-ring (bicyclic) bond motifs is 2. The molecule has 5 nitrogen and oxygen atoms in total. The highest BCUT2D eigenvalue weighted by molar-refractivity contribution is 5.62. The normalized spacial score (nSPS) is 16.6. The number of nitrogens with one attached hydrogen (secondary N) is 1. The van der Waals surface area contributed by atoms with Gasteiger partial charge in [0, 0.05) is 6.54 Å². The molecule has 33 heavy (non-hydrogen) atoms. The maximum absolute atomic E-state index is 6.24. The Hall–Kier alpha value is -3.44. The molecule has 0 spiro atoms. The third kappa shape index (κ3) is 4.29. The molecule has 0 aromatic heterocycles. The number of benzene rings is 3. The van der Waals surface area contributed by atoms with Crippen LogP contribution in [0.4, 0.5) is 0 Å². The van der Waals surface area contributed by atoms with Crippen LogP contribution in [0.5, 0.6) is 23.0 Å². The van der Waals surface area contributed by atoms with Crippen LogP contribution in [-0.4, -0.2) is 20.4 Å². The molecule has 1 unspecified atom stereocenters. The van der Waals surface area contributed by atoms with Crippen molar-refractivity contribution in [3.8, 4) is 23.0 Å². The van der Waals surface area contributed by atoms with Crippen molar-refractivity contribution in [1.29, 1.82) is 0 Å². The molecule has 0 saturated carbocycles. The molecule has 2 heterocycles. The second-order valence-corrected chi connectivity index (χ2v) is 8.48. The van der Waals surface area contributed by atoms with Crippen molar-refractivity contribution >= 4 is 6.08 Å². The fourth-order valence-corrected chi connectivity index (χ4v) is 4.58. The Balaban J connectivity index is 1.43. The summed E-state index contributed by atoms with van der Waals surface area (Å²) in [6.45, 7) is 5.94. The minimum atomic E-state index is 0.0920. The largest absolute Gasteiger partial charge is 0.493 e. The fraction of sp³-hybridized carbons (Fsp3) is 0.286. The topological polar surface area (TPSA) is 49.0 Å². The molecule has 0 amide bonds. The monoisotopic (exact) mass is 443 g/mol. The van der Waals surface area contributed by atoms with Crippen molar-refractivity contribution in [3.05, 3.63) is 88.0 Å². The number of hydrogen-bond donors (Lipinski definition) is 1. The summed E-state index contributed by atoms with van der Waals surface area (Å²) in [4.78, 5) is 0. The summed E-state index contributed by atoms with van der Waals surface area (Å²) in [7, 11) is 1.70. The predicted octanol–water partition coefficient (Wildman–Crippen LogP) is 5.52. The lowest BCUT2D eigenvalue weighted by Gasteiger charge is -2.28. The molecular weight excluding hydrogens is 414 g/mol. The second-order valence-electron chi connectivity index (χ2n) is 8.48. The fourth-order valence-electron chi connectivity index (χ4n) is 4.58. The highest BCUT2D eigenvalue weighted by atomic mass is 16.7. The first-order valence-corrected chi connectivity index (χ1v) is 11.3. The molecule has 0 bridgehead atoms. The van der Waals surface area contributed by atoms with E-state index in [0.717, 1.165) is 58.2 Å². The van der Waals surface area contributed by atoms with Crippen LogP contribution in [0.25, 0.3) is 6.08 Å². The standard InChI is InChI=1S/C28H29NO4/c1-18-13-25-26(33-17-32-25)14-21(18)9-10-24-23-15-27(30-3)28(19(2)22(23)11-12-29-24)31-16-20-7-5-4-6-8-20/h4-10,13-15,24,29H,11-12,16-17H2,1-3H3/b10-9+. The summed E-state index contributed by atoms with van der Waals surface area (Å²) < 4.78 is 23.0. The van der Waals surface area contributed by atoms with Crippen LogP contribution < -0.4 is 24.3 Å². The van der Waals surface area contributed by atoms with Gasteiger partial charge in [0.15, 0.2) is 23.0 Å². The number of hydrogen-bond acceptors (Lipinski definition) is 5. The van der Waals surface area contributed by atoms with E-state index in [1.165, 1.54) is 11.1 Å². The van der Waals surface area contributed by atoms with Crippen molar-refractivity contribution < 1.29 is 18.9 Å². The second kappa shape index (κ2) is 9.20. The van der Waals surface area contributed by atoms with E-state index in [0.29, 0.717) is 6.61 Å². The molecule has 1 atom stereocenters. The maximum Gasteiger partial charge on any atom is 0.231 e. The molecule has 2 aliphatic heterocycles. The van der Waals surface area contributed by atoms with E-state index in [9.17, 15) is 0 Å². The summed E-state index contributed by atoms with van der Waals surface area (Å²) in [5, 5.41) is 3.63. The zero-order chi connectivity index (χ0) is 22.8. The van der Waals surface area contributed by atoms with Crippen molar-refractivity contribution in [2.45, 2.75) is 32.9 Å². The summed E-state index contributed by atoms with van der Waals surface area (Å²) >= 11 is 0. The van der Waals surface area contributed by atoms with Gasteiger partial charge in [-0.3, -0.25) is 0 Å². The molecule has 0 aliphatic carbocycles. The van der Waals surface area contributed by atoms with E-state index in [2.05, 4.69) is 49.5 Å². The Kier molecular flexibility index (Phi) is 5.97. The first-order valence-electron chi connectivity index (χ1n) is 11.3. The Labute approximate surface area is 194 Å². The minimum absolute atomic E-state index is 0.0920. The Morgan fingerprint density at radius 2 is 1.85 bits per heavy atom. The summed E-state index contributed by atoms with van der Waals surface area (Å²) in [5.74, 6) is 3.21. The van der Waals surface area contributed by atoms with E-state index in [1.54, 1.807) is 7.11 Å².